The van der Waals surface area contributed by atoms with E-state index in [9.17, 15) is 0 Å². The van der Waals surface area contributed by atoms with Crippen molar-refractivity contribution < 1.29 is 0 Å². The molecule has 1 aliphatic rings. The fourth-order valence-corrected chi connectivity index (χ4v) is 1.87. The molecule has 2 nitrogen and oxygen atoms in total. The van der Waals surface area contributed by atoms with Crippen molar-refractivity contribution in [1.82, 2.24) is 0 Å². The molecule has 0 radical (unpaired) electrons. The molecule has 0 aliphatic heterocycles. The summed E-state index contributed by atoms with van der Waals surface area (Å²) in [5.74, 6) is 0.468. The first-order valence-electron chi connectivity index (χ1n) is 5.60. The van der Waals surface area contributed by atoms with Crippen molar-refractivity contribution in [2.45, 2.75) is 19.4 Å². The van der Waals surface area contributed by atoms with Gasteiger partial charge in [-0.1, -0.05) is 31.2 Å². The maximum Gasteiger partial charge on any atom is 0.0591 e. The summed E-state index contributed by atoms with van der Waals surface area (Å²) in [6.45, 7) is 4.42. The van der Waals surface area contributed by atoms with Crippen LogP contribution in [0.5, 0.6) is 0 Å². The average Bonchev–Trinajstić information content (AvgIpc) is 2.26. The molecule has 2 heteroatoms. The van der Waals surface area contributed by atoms with Crippen LogP contribution >= 0.6 is 0 Å². The van der Waals surface area contributed by atoms with Gasteiger partial charge in [0.2, 0.25) is 0 Å². The zero-order valence-corrected chi connectivity index (χ0v) is 9.77. The molecule has 2 rings (SSSR count). The van der Waals surface area contributed by atoms with Crippen LogP contribution in [0.3, 0.4) is 0 Å². The molecule has 0 spiro atoms. The molecular weight excluding hydrogens is 196 g/mol. The summed E-state index contributed by atoms with van der Waals surface area (Å²) in [5, 5.41) is 3.54. The number of rotatable bonds is 2. The first-order valence-corrected chi connectivity index (χ1v) is 5.60. The van der Waals surface area contributed by atoms with Gasteiger partial charge in [0.05, 0.1) is 5.54 Å². The van der Waals surface area contributed by atoms with E-state index in [2.05, 4.69) is 43.5 Å². The van der Waals surface area contributed by atoms with Crippen LogP contribution in [0.4, 0.5) is 11.4 Å². The summed E-state index contributed by atoms with van der Waals surface area (Å²) in [4.78, 5) is 0. The van der Waals surface area contributed by atoms with Crippen LogP contribution in [-0.2, 0) is 0 Å². The third-order valence-corrected chi connectivity index (χ3v) is 3.22. The Balaban J connectivity index is 2.17. The topological polar surface area (TPSA) is 38.0 Å². The quantitative estimate of drug-likeness (QED) is 0.742. The van der Waals surface area contributed by atoms with Crippen molar-refractivity contribution in [2.24, 2.45) is 5.92 Å². The van der Waals surface area contributed by atoms with Crippen molar-refractivity contribution in [1.29, 1.82) is 0 Å². The Bertz CT molecular complexity index is 417. The lowest BCUT2D eigenvalue weighted by atomic mass is 9.83. The standard InChI is InChI=1S/C14H18N2/c1-11-5-3-4-10-14(11,2)16-13-8-6-12(15)7-9-13/h3-11,16H,15H2,1-2H3. The highest BCUT2D eigenvalue weighted by Crippen LogP contribution is 2.28. The molecule has 0 bridgehead atoms. The maximum atomic E-state index is 5.67. The van der Waals surface area contributed by atoms with Gasteiger partial charge in [-0.05, 0) is 31.2 Å². The van der Waals surface area contributed by atoms with Crippen molar-refractivity contribution in [3.63, 3.8) is 0 Å². The molecule has 2 unspecified atom stereocenters. The zero-order chi connectivity index (χ0) is 11.6. The van der Waals surface area contributed by atoms with Crippen molar-refractivity contribution in [3.8, 4) is 0 Å². The zero-order valence-electron chi connectivity index (χ0n) is 9.77. The molecule has 1 aliphatic carbocycles. The van der Waals surface area contributed by atoms with Gasteiger partial charge < -0.3 is 11.1 Å². The summed E-state index contributed by atoms with van der Waals surface area (Å²) >= 11 is 0. The fourth-order valence-electron chi connectivity index (χ4n) is 1.87. The summed E-state index contributed by atoms with van der Waals surface area (Å²) in [6, 6.07) is 7.86. The van der Waals surface area contributed by atoms with E-state index in [0.29, 0.717) is 5.92 Å². The van der Waals surface area contributed by atoms with Gasteiger partial charge in [-0.25, -0.2) is 0 Å². The minimum absolute atomic E-state index is 0.0230. The molecule has 0 heterocycles. The van der Waals surface area contributed by atoms with Crippen molar-refractivity contribution >= 4 is 11.4 Å². The molecule has 0 saturated heterocycles. The van der Waals surface area contributed by atoms with Crippen LogP contribution in [0.2, 0.25) is 0 Å². The van der Waals surface area contributed by atoms with Crippen LogP contribution in [0, 0.1) is 5.92 Å². The van der Waals surface area contributed by atoms with Crippen LogP contribution in [0.25, 0.3) is 0 Å². The van der Waals surface area contributed by atoms with Crippen molar-refractivity contribution in [2.75, 3.05) is 11.1 Å². The molecular formula is C14H18N2. The molecule has 0 aromatic heterocycles. The minimum atomic E-state index is -0.0230. The van der Waals surface area contributed by atoms with E-state index in [-0.39, 0.29) is 5.54 Å². The highest BCUT2D eigenvalue weighted by atomic mass is 15.0. The van der Waals surface area contributed by atoms with Gasteiger partial charge in [-0.15, -0.1) is 0 Å². The number of nitrogen functional groups attached to an aromatic ring is 1. The summed E-state index contributed by atoms with van der Waals surface area (Å²) < 4.78 is 0. The van der Waals surface area contributed by atoms with E-state index >= 15 is 0 Å². The molecule has 3 N–H and O–H groups in total. The second kappa shape index (κ2) is 4.05. The molecule has 2 atom stereocenters. The van der Waals surface area contributed by atoms with E-state index in [4.69, 9.17) is 5.73 Å². The monoisotopic (exact) mass is 214 g/mol. The van der Waals surface area contributed by atoms with E-state index in [1.807, 2.05) is 24.3 Å². The smallest absolute Gasteiger partial charge is 0.0591 e. The Morgan fingerprint density at radius 1 is 1.19 bits per heavy atom. The fraction of sp³-hybridized carbons (Fsp3) is 0.286. The summed E-state index contributed by atoms with van der Waals surface area (Å²) in [5.41, 5.74) is 7.54. The number of nitrogens with one attached hydrogen (secondary N) is 1. The predicted molar refractivity (Wildman–Crippen MR) is 70.3 cm³/mol. The van der Waals surface area contributed by atoms with Gasteiger partial charge in [0.15, 0.2) is 0 Å². The number of nitrogens with two attached hydrogens (primary N) is 1. The van der Waals surface area contributed by atoms with E-state index in [1.54, 1.807) is 0 Å². The third-order valence-electron chi connectivity index (χ3n) is 3.22. The number of hydrogen-bond donors (Lipinski definition) is 2. The highest BCUT2D eigenvalue weighted by Gasteiger charge is 2.27. The third kappa shape index (κ3) is 2.11. The lowest BCUT2D eigenvalue weighted by molar-refractivity contribution is 0.493. The first kappa shape index (κ1) is 10.8. The number of allylic oxidation sites excluding steroid dienone is 2. The molecule has 16 heavy (non-hydrogen) atoms. The highest BCUT2D eigenvalue weighted by molar-refractivity contribution is 5.54. The lowest BCUT2D eigenvalue weighted by Crippen LogP contribution is -2.39. The molecule has 0 fully saturated rings. The van der Waals surface area contributed by atoms with Gasteiger partial charge in [0, 0.05) is 17.3 Å². The second-order valence-corrected chi connectivity index (χ2v) is 4.56. The Morgan fingerprint density at radius 3 is 2.50 bits per heavy atom. The predicted octanol–water partition coefficient (Wildman–Crippen LogP) is 3.20. The van der Waals surface area contributed by atoms with Gasteiger partial charge >= 0.3 is 0 Å². The second-order valence-electron chi connectivity index (χ2n) is 4.56. The number of benzene rings is 1. The van der Waals surface area contributed by atoms with Gasteiger partial charge in [0.25, 0.3) is 0 Å². The van der Waals surface area contributed by atoms with Crippen LogP contribution in [0.15, 0.2) is 48.6 Å². The molecule has 0 amide bonds. The summed E-state index contributed by atoms with van der Waals surface area (Å²) in [6.07, 6.45) is 8.60. The molecule has 1 aromatic carbocycles. The van der Waals surface area contributed by atoms with Crippen LogP contribution in [-0.4, -0.2) is 5.54 Å². The van der Waals surface area contributed by atoms with E-state index < -0.39 is 0 Å². The summed E-state index contributed by atoms with van der Waals surface area (Å²) in [7, 11) is 0. The van der Waals surface area contributed by atoms with Crippen molar-refractivity contribution in [3.05, 3.63) is 48.6 Å². The Kier molecular flexibility index (Phi) is 2.73. The Hall–Kier alpha value is -1.70. The van der Waals surface area contributed by atoms with Crippen LogP contribution < -0.4 is 11.1 Å². The average molecular weight is 214 g/mol. The largest absolute Gasteiger partial charge is 0.399 e. The van der Waals surface area contributed by atoms with Gasteiger partial charge in [-0.2, -0.15) is 0 Å². The molecule has 0 saturated carbocycles. The molecule has 1 aromatic rings. The van der Waals surface area contributed by atoms with Gasteiger partial charge in [-0.3, -0.25) is 0 Å². The van der Waals surface area contributed by atoms with Crippen LogP contribution in [0.1, 0.15) is 13.8 Å². The van der Waals surface area contributed by atoms with E-state index in [0.717, 1.165) is 11.4 Å². The number of hydrogen-bond acceptors (Lipinski definition) is 2. The Labute approximate surface area is 96.9 Å². The first-order chi connectivity index (χ1) is 7.60. The van der Waals surface area contributed by atoms with Gasteiger partial charge in [0.1, 0.15) is 0 Å². The minimum Gasteiger partial charge on any atom is -0.399 e. The SMILES string of the molecule is CC1C=CC=CC1(C)Nc1ccc(N)cc1. The Morgan fingerprint density at radius 2 is 1.88 bits per heavy atom. The maximum absolute atomic E-state index is 5.67. The lowest BCUT2D eigenvalue weighted by Gasteiger charge is -2.35. The molecule has 84 valence electrons. The normalized spacial score (nSPS) is 28.0. The number of anilines is 2. The van der Waals surface area contributed by atoms with E-state index in [1.165, 1.54) is 0 Å².